The second-order valence-corrected chi connectivity index (χ2v) is 5.23. The van der Waals surface area contributed by atoms with E-state index in [0.29, 0.717) is 18.7 Å². The molecule has 0 heterocycles. The van der Waals surface area contributed by atoms with Crippen molar-refractivity contribution in [3.63, 3.8) is 0 Å². The average molecular weight is 339 g/mol. The van der Waals surface area contributed by atoms with Crippen molar-refractivity contribution in [2.24, 2.45) is 0 Å². The molecule has 2 rings (SSSR count). The van der Waals surface area contributed by atoms with Crippen LogP contribution in [-0.2, 0) is 18.0 Å². The number of aliphatic hydroxyl groups is 1. The van der Waals surface area contributed by atoms with Gasteiger partial charge in [-0.2, -0.15) is 0 Å². The van der Waals surface area contributed by atoms with E-state index in [-0.39, 0.29) is 13.2 Å². The molecule has 0 aromatic heterocycles. The normalized spacial score (nSPS) is 9.68. The quantitative estimate of drug-likeness (QED) is 0.627. The van der Waals surface area contributed by atoms with Crippen LogP contribution < -0.4 is 10.1 Å². The van der Waals surface area contributed by atoms with Crippen LogP contribution in [0.25, 0.3) is 0 Å². The Balaban J connectivity index is 1.72. The van der Waals surface area contributed by atoms with Crippen molar-refractivity contribution in [2.75, 3.05) is 13.7 Å². The van der Waals surface area contributed by atoms with Gasteiger partial charge in [-0.1, -0.05) is 48.2 Å². The lowest BCUT2D eigenvalue weighted by atomic mass is 10.1. The summed E-state index contributed by atoms with van der Waals surface area (Å²) < 4.78 is 10.3. The highest BCUT2D eigenvalue weighted by Crippen LogP contribution is 2.19. The highest BCUT2D eigenvalue weighted by atomic mass is 16.5. The SMILES string of the molecule is COc1cc(C#CCCNC(=O)OCc2ccccc2)ccc1CO. The van der Waals surface area contributed by atoms with Crippen molar-refractivity contribution in [2.45, 2.75) is 19.6 Å². The van der Waals surface area contributed by atoms with E-state index in [1.807, 2.05) is 36.4 Å². The van der Waals surface area contributed by atoms with E-state index in [1.54, 1.807) is 19.2 Å². The van der Waals surface area contributed by atoms with Gasteiger partial charge in [-0.05, 0) is 17.7 Å². The topological polar surface area (TPSA) is 67.8 Å². The third-order valence-electron chi connectivity index (χ3n) is 3.42. The molecule has 0 aliphatic heterocycles. The molecule has 130 valence electrons. The molecular weight excluding hydrogens is 318 g/mol. The Morgan fingerprint density at radius 1 is 1.20 bits per heavy atom. The van der Waals surface area contributed by atoms with Crippen LogP contribution in [0.5, 0.6) is 5.75 Å². The predicted octanol–water partition coefficient (Wildman–Crippen LogP) is 2.86. The molecule has 0 aliphatic rings. The summed E-state index contributed by atoms with van der Waals surface area (Å²) in [4.78, 5) is 11.6. The van der Waals surface area contributed by atoms with Crippen molar-refractivity contribution in [1.29, 1.82) is 0 Å². The minimum Gasteiger partial charge on any atom is -0.496 e. The fourth-order valence-electron chi connectivity index (χ4n) is 2.12. The van der Waals surface area contributed by atoms with Gasteiger partial charge in [0.25, 0.3) is 0 Å². The van der Waals surface area contributed by atoms with Gasteiger partial charge < -0.3 is 19.9 Å². The van der Waals surface area contributed by atoms with Gasteiger partial charge in [0.15, 0.2) is 0 Å². The lowest BCUT2D eigenvalue weighted by Gasteiger charge is -2.06. The smallest absolute Gasteiger partial charge is 0.407 e. The standard InChI is InChI=1S/C20H21NO4/c1-24-19-13-16(10-11-18(19)14-22)7-5-6-12-21-20(23)25-15-17-8-3-2-4-9-17/h2-4,8-11,13,22H,6,12,14-15H2,1H3,(H,21,23). The minimum absolute atomic E-state index is 0.0775. The van der Waals surface area contributed by atoms with Crippen LogP contribution in [0.15, 0.2) is 48.5 Å². The van der Waals surface area contributed by atoms with Gasteiger partial charge in [-0.15, -0.1) is 0 Å². The van der Waals surface area contributed by atoms with Gasteiger partial charge in [0.1, 0.15) is 12.4 Å². The number of methoxy groups -OCH3 is 1. The lowest BCUT2D eigenvalue weighted by molar-refractivity contribution is 0.140. The van der Waals surface area contributed by atoms with Crippen LogP contribution in [0.1, 0.15) is 23.1 Å². The van der Waals surface area contributed by atoms with Crippen molar-refractivity contribution in [3.8, 4) is 17.6 Å². The van der Waals surface area contributed by atoms with Crippen LogP contribution in [0.4, 0.5) is 4.79 Å². The van der Waals surface area contributed by atoms with Crippen molar-refractivity contribution in [1.82, 2.24) is 5.32 Å². The van der Waals surface area contributed by atoms with E-state index in [9.17, 15) is 9.90 Å². The Hall–Kier alpha value is -2.97. The maximum absolute atomic E-state index is 11.6. The minimum atomic E-state index is -0.459. The first-order chi connectivity index (χ1) is 12.2. The highest BCUT2D eigenvalue weighted by molar-refractivity contribution is 5.67. The number of nitrogens with one attached hydrogen (secondary N) is 1. The maximum Gasteiger partial charge on any atom is 0.407 e. The average Bonchev–Trinajstić information content (AvgIpc) is 2.66. The third-order valence-corrected chi connectivity index (χ3v) is 3.42. The molecule has 5 nitrogen and oxygen atoms in total. The van der Waals surface area contributed by atoms with Crippen molar-refractivity contribution in [3.05, 3.63) is 65.2 Å². The number of amides is 1. The molecule has 0 atom stereocenters. The fourth-order valence-corrected chi connectivity index (χ4v) is 2.12. The molecule has 5 heteroatoms. The molecule has 0 saturated heterocycles. The fraction of sp³-hybridized carbons (Fsp3) is 0.250. The molecule has 1 amide bonds. The van der Waals surface area contributed by atoms with Crippen LogP contribution in [0.3, 0.4) is 0 Å². The van der Waals surface area contributed by atoms with Gasteiger partial charge >= 0.3 is 6.09 Å². The second kappa shape index (κ2) is 10.0. The number of rotatable bonds is 6. The molecule has 0 bridgehead atoms. The molecule has 2 N–H and O–H groups in total. The molecule has 2 aromatic carbocycles. The van der Waals surface area contributed by atoms with Crippen molar-refractivity contribution >= 4 is 6.09 Å². The van der Waals surface area contributed by atoms with Crippen LogP contribution in [-0.4, -0.2) is 24.9 Å². The molecule has 0 spiro atoms. The number of hydrogen-bond acceptors (Lipinski definition) is 4. The molecule has 0 radical (unpaired) electrons. The van der Waals surface area contributed by atoms with Gasteiger partial charge in [0.05, 0.1) is 13.7 Å². The summed E-state index contributed by atoms with van der Waals surface area (Å²) in [6.45, 7) is 0.577. The summed E-state index contributed by atoms with van der Waals surface area (Å²) in [5.74, 6) is 6.59. The largest absolute Gasteiger partial charge is 0.496 e. The molecule has 2 aromatic rings. The zero-order valence-corrected chi connectivity index (χ0v) is 14.1. The number of benzene rings is 2. The molecule has 25 heavy (non-hydrogen) atoms. The summed E-state index contributed by atoms with van der Waals surface area (Å²) in [5, 5.41) is 11.8. The number of carbonyl (C=O) groups excluding carboxylic acids is 1. The Labute approximate surface area is 147 Å². The van der Waals surface area contributed by atoms with Gasteiger partial charge in [-0.3, -0.25) is 0 Å². The van der Waals surface area contributed by atoms with E-state index in [4.69, 9.17) is 9.47 Å². The Morgan fingerprint density at radius 3 is 2.72 bits per heavy atom. The van der Waals surface area contributed by atoms with Crippen LogP contribution >= 0.6 is 0 Å². The Kier molecular flexibility index (Phi) is 7.36. The Bertz CT molecular complexity index is 747. The molecule has 0 saturated carbocycles. The van der Waals surface area contributed by atoms with Crippen LogP contribution in [0, 0.1) is 11.8 Å². The number of hydrogen-bond donors (Lipinski definition) is 2. The number of alkyl carbamates (subject to hydrolysis) is 1. The van der Waals surface area contributed by atoms with Crippen LogP contribution in [0.2, 0.25) is 0 Å². The first-order valence-corrected chi connectivity index (χ1v) is 7.94. The zero-order valence-electron chi connectivity index (χ0n) is 14.1. The first-order valence-electron chi connectivity index (χ1n) is 7.94. The molecule has 0 unspecified atom stereocenters. The predicted molar refractivity (Wildman–Crippen MR) is 95.0 cm³/mol. The second-order valence-electron chi connectivity index (χ2n) is 5.23. The Morgan fingerprint density at radius 2 is 2.00 bits per heavy atom. The van der Waals surface area contributed by atoms with E-state index in [2.05, 4.69) is 17.2 Å². The summed E-state index contributed by atoms with van der Waals surface area (Å²) in [6.07, 6.45) is 0.0458. The first kappa shape index (κ1) is 18.4. The monoisotopic (exact) mass is 339 g/mol. The van der Waals surface area contributed by atoms with Crippen molar-refractivity contribution < 1.29 is 19.4 Å². The third kappa shape index (κ3) is 6.21. The van der Waals surface area contributed by atoms with E-state index in [0.717, 1.165) is 16.7 Å². The molecular formula is C20H21NO4. The lowest BCUT2D eigenvalue weighted by Crippen LogP contribution is -2.24. The zero-order chi connectivity index (χ0) is 17.9. The van der Waals surface area contributed by atoms with E-state index < -0.39 is 6.09 Å². The summed E-state index contributed by atoms with van der Waals surface area (Å²) >= 11 is 0. The summed E-state index contributed by atoms with van der Waals surface area (Å²) in [6, 6.07) is 14.9. The molecule has 0 aliphatic carbocycles. The van der Waals surface area contributed by atoms with E-state index >= 15 is 0 Å². The van der Waals surface area contributed by atoms with E-state index in [1.165, 1.54) is 0 Å². The molecule has 0 fully saturated rings. The summed E-state index contributed by atoms with van der Waals surface area (Å²) in [5.41, 5.74) is 2.45. The number of aliphatic hydroxyl groups excluding tert-OH is 1. The van der Waals surface area contributed by atoms with Gasteiger partial charge in [-0.25, -0.2) is 4.79 Å². The van der Waals surface area contributed by atoms with Gasteiger partial charge in [0, 0.05) is 24.1 Å². The van der Waals surface area contributed by atoms with Gasteiger partial charge in [0.2, 0.25) is 0 Å². The highest BCUT2D eigenvalue weighted by Gasteiger charge is 2.02. The maximum atomic E-state index is 11.6. The number of carbonyl (C=O) groups is 1. The summed E-state index contributed by atoms with van der Waals surface area (Å²) in [7, 11) is 1.55. The number of ether oxygens (including phenoxy) is 2.